The molecule has 1 aliphatic heterocycles. The largest absolute Gasteiger partial charge is 0.361 e. The van der Waals surface area contributed by atoms with E-state index in [1.807, 2.05) is 19.9 Å². The number of nitrogens with one attached hydrogen (secondary N) is 2. The van der Waals surface area contributed by atoms with Crippen LogP contribution in [0.25, 0.3) is 0 Å². The smallest absolute Gasteiger partial charge is 0.321 e. The fourth-order valence-electron chi connectivity index (χ4n) is 3.63. The van der Waals surface area contributed by atoms with Gasteiger partial charge in [-0.2, -0.15) is 0 Å². The SMILES string of the molecule is Cc1noc(C)c1CCNC(=O)CC1CCN(C(=O)Nc2cccc(Cl)c2)CC1. The topological polar surface area (TPSA) is 87.5 Å². The Morgan fingerprint density at radius 1 is 1.28 bits per heavy atom. The van der Waals surface area contributed by atoms with Crippen LogP contribution in [0.3, 0.4) is 0 Å². The van der Waals surface area contributed by atoms with E-state index in [-0.39, 0.29) is 11.9 Å². The number of carbonyl (C=O) groups excluding carboxylic acids is 2. The molecule has 2 aromatic rings. The second-order valence-corrected chi connectivity index (χ2v) is 7.91. The molecule has 1 fully saturated rings. The molecule has 1 aromatic carbocycles. The van der Waals surface area contributed by atoms with Crippen molar-refractivity contribution in [1.82, 2.24) is 15.4 Å². The predicted molar refractivity (Wildman–Crippen MR) is 112 cm³/mol. The number of piperidine rings is 1. The molecule has 0 unspecified atom stereocenters. The van der Waals surface area contributed by atoms with Crippen LogP contribution in [0.15, 0.2) is 28.8 Å². The number of aromatic nitrogens is 1. The van der Waals surface area contributed by atoms with Gasteiger partial charge in [0.15, 0.2) is 0 Å². The molecule has 0 spiro atoms. The molecule has 0 atom stereocenters. The lowest BCUT2D eigenvalue weighted by molar-refractivity contribution is -0.122. The average molecular weight is 419 g/mol. The highest BCUT2D eigenvalue weighted by Gasteiger charge is 2.24. The van der Waals surface area contributed by atoms with Crippen LogP contribution < -0.4 is 10.6 Å². The number of likely N-dealkylation sites (tertiary alicyclic amines) is 1. The number of hydrogen-bond donors (Lipinski definition) is 2. The number of rotatable bonds is 6. The van der Waals surface area contributed by atoms with E-state index < -0.39 is 0 Å². The summed E-state index contributed by atoms with van der Waals surface area (Å²) in [5.41, 5.74) is 2.62. The van der Waals surface area contributed by atoms with E-state index in [2.05, 4.69) is 15.8 Å². The van der Waals surface area contributed by atoms with E-state index >= 15 is 0 Å². The summed E-state index contributed by atoms with van der Waals surface area (Å²) >= 11 is 5.95. The van der Waals surface area contributed by atoms with Gasteiger partial charge in [0.2, 0.25) is 5.91 Å². The molecule has 0 bridgehead atoms. The Bertz CT molecular complexity index is 840. The van der Waals surface area contributed by atoms with E-state index in [4.69, 9.17) is 16.1 Å². The zero-order chi connectivity index (χ0) is 20.8. The summed E-state index contributed by atoms with van der Waals surface area (Å²) in [7, 11) is 0. The van der Waals surface area contributed by atoms with Gasteiger partial charge in [0.25, 0.3) is 0 Å². The molecule has 3 rings (SSSR count). The van der Waals surface area contributed by atoms with E-state index in [0.717, 1.165) is 36.3 Å². The summed E-state index contributed by atoms with van der Waals surface area (Å²) in [5.74, 6) is 1.16. The van der Waals surface area contributed by atoms with Gasteiger partial charge in [0, 0.05) is 42.3 Å². The minimum atomic E-state index is -0.130. The zero-order valence-electron chi connectivity index (χ0n) is 16.8. The van der Waals surface area contributed by atoms with Crippen LogP contribution in [-0.2, 0) is 11.2 Å². The van der Waals surface area contributed by atoms with Gasteiger partial charge in [-0.05, 0) is 57.2 Å². The molecule has 2 N–H and O–H groups in total. The van der Waals surface area contributed by atoms with Crippen LogP contribution in [-0.4, -0.2) is 41.6 Å². The first-order valence-electron chi connectivity index (χ1n) is 9.92. The molecule has 1 aromatic heterocycles. The van der Waals surface area contributed by atoms with E-state index in [1.54, 1.807) is 23.1 Å². The Labute approximate surface area is 175 Å². The molecule has 1 aliphatic rings. The highest BCUT2D eigenvalue weighted by Crippen LogP contribution is 2.22. The quantitative estimate of drug-likeness (QED) is 0.743. The summed E-state index contributed by atoms with van der Waals surface area (Å²) in [4.78, 5) is 26.4. The van der Waals surface area contributed by atoms with Gasteiger partial charge < -0.3 is 20.1 Å². The summed E-state index contributed by atoms with van der Waals surface area (Å²) in [6, 6.07) is 6.97. The molecule has 156 valence electrons. The highest BCUT2D eigenvalue weighted by atomic mass is 35.5. The van der Waals surface area contributed by atoms with Crippen molar-refractivity contribution in [3.63, 3.8) is 0 Å². The van der Waals surface area contributed by atoms with Gasteiger partial charge in [-0.1, -0.05) is 22.8 Å². The Hall–Kier alpha value is -2.54. The second-order valence-electron chi connectivity index (χ2n) is 7.48. The second kappa shape index (κ2) is 9.78. The Kier molecular flexibility index (Phi) is 7.14. The summed E-state index contributed by atoms with van der Waals surface area (Å²) in [6.45, 7) is 5.65. The Morgan fingerprint density at radius 2 is 2.03 bits per heavy atom. The molecule has 1 saturated heterocycles. The standard InChI is InChI=1S/C21H27ClN4O3/c1-14-19(15(2)29-25-14)6-9-23-20(27)12-16-7-10-26(11-8-16)21(28)24-18-5-3-4-17(22)13-18/h3-5,13,16H,6-12H2,1-2H3,(H,23,27)(H,24,28). The summed E-state index contributed by atoms with van der Waals surface area (Å²) in [6.07, 6.45) is 2.85. The highest BCUT2D eigenvalue weighted by molar-refractivity contribution is 6.30. The van der Waals surface area contributed by atoms with Crippen molar-refractivity contribution in [2.45, 2.75) is 39.5 Å². The van der Waals surface area contributed by atoms with Crippen molar-refractivity contribution in [2.24, 2.45) is 5.92 Å². The maximum atomic E-state index is 12.4. The third-order valence-electron chi connectivity index (χ3n) is 5.33. The van der Waals surface area contributed by atoms with Crippen LogP contribution in [0.2, 0.25) is 5.02 Å². The summed E-state index contributed by atoms with van der Waals surface area (Å²) in [5, 5.41) is 10.4. The first kappa shape index (κ1) is 21.2. The number of halogens is 1. The monoisotopic (exact) mass is 418 g/mol. The van der Waals surface area contributed by atoms with Crippen molar-refractivity contribution < 1.29 is 14.1 Å². The molecule has 0 saturated carbocycles. The van der Waals surface area contributed by atoms with E-state index in [1.165, 1.54) is 0 Å². The van der Waals surface area contributed by atoms with Gasteiger partial charge >= 0.3 is 6.03 Å². The first-order valence-corrected chi connectivity index (χ1v) is 10.3. The molecule has 7 nitrogen and oxygen atoms in total. The van der Waals surface area contributed by atoms with Crippen molar-refractivity contribution in [3.8, 4) is 0 Å². The third kappa shape index (κ3) is 5.97. The number of urea groups is 1. The molecular weight excluding hydrogens is 392 g/mol. The van der Waals surface area contributed by atoms with Gasteiger partial charge in [-0.25, -0.2) is 4.79 Å². The molecule has 8 heteroatoms. The lowest BCUT2D eigenvalue weighted by Crippen LogP contribution is -2.42. The van der Waals surface area contributed by atoms with Crippen molar-refractivity contribution in [1.29, 1.82) is 0 Å². The number of benzene rings is 1. The van der Waals surface area contributed by atoms with Crippen molar-refractivity contribution in [2.75, 3.05) is 25.0 Å². The number of carbonyl (C=O) groups is 2. The molecule has 0 aliphatic carbocycles. The fourth-order valence-corrected chi connectivity index (χ4v) is 3.82. The Morgan fingerprint density at radius 3 is 2.69 bits per heavy atom. The number of hydrogen-bond acceptors (Lipinski definition) is 4. The van der Waals surface area contributed by atoms with Crippen LogP contribution >= 0.6 is 11.6 Å². The Balaban J connectivity index is 1.36. The normalized spacial score (nSPS) is 14.7. The van der Waals surface area contributed by atoms with Gasteiger partial charge in [-0.15, -0.1) is 0 Å². The third-order valence-corrected chi connectivity index (χ3v) is 5.57. The molecule has 3 amide bonds. The molecule has 0 radical (unpaired) electrons. The minimum absolute atomic E-state index is 0.0542. The van der Waals surface area contributed by atoms with Crippen LogP contribution in [0.1, 0.15) is 36.3 Å². The minimum Gasteiger partial charge on any atom is -0.361 e. The maximum absolute atomic E-state index is 12.4. The van der Waals surface area contributed by atoms with Crippen molar-refractivity contribution in [3.05, 3.63) is 46.3 Å². The predicted octanol–water partition coefficient (Wildman–Crippen LogP) is 3.94. The van der Waals surface area contributed by atoms with Crippen LogP contribution in [0, 0.1) is 19.8 Å². The fraction of sp³-hybridized carbons (Fsp3) is 0.476. The lowest BCUT2D eigenvalue weighted by atomic mass is 9.93. The maximum Gasteiger partial charge on any atom is 0.321 e. The molecule has 2 heterocycles. The number of aryl methyl sites for hydroxylation is 2. The van der Waals surface area contributed by atoms with E-state index in [9.17, 15) is 9.59 Å². The average Bonchev–Trinajstić information content (AvgIpc) is 3.00. The van der Waals surface area contributed by atoms with Crippen LogP contribution in [0.5, 0.6) is 0 Å². The number of anilines is 1. The van der Waals surface area contributed by atoms with Gasteiger partial charge in [-0.3, -0.25) is 4.79 Å². The molecular formula is C21H27ClN4O3. The zero-order valence-corrected chi connectivity index (χ0v) is 17.6. The van der Waals surface area contributed by atoms with Crippen LogP contribution in [0.4, 0.5) is 10.5 Å². The van der Waals surface area contributed by atoms with E-state index in [0.29, 0.717) is 42.7 Å². The number of nitrogens with zero attached hydrogens (tertiary/aromatic N) is 2. The molecule has 29 heavy (non-hydrogen) atoms. The number of amides is 3. The van der Waals surface area contributed by atoms with Gasteiger partial charge in [0.05, 0.1) is 5.69 Å². The van der Waals surface area contributed by atoms with Gasteiger partial charge in [0.1, 0.15) is 5.76 Å². The van der Waals surface area contributed by atoms with Crippen molar-refractivity contribution >= 4 is 29.2 Å². The summed E-state index contributed by atoms with van der Waals surface area (Å²) < 4.78 is 5.14. The first-order chi connectivity index (χ1) is 13.9. The lowest BCUT2D eigenvalue weighted by Gasteiger charge is -2.31.